The fourth-order valence-electron chi connectivity index (χ4n) is 3.80. The van der Waals surface area contributed by atoms with Crippen LogP contribution in [0.1, 0.15) is 32.6 Å². The standard InChI is InChI=1S/C29H23ClF3N3O3S/c1-20-9-15-25(16-10-20)40(38,39)36(19-21-11-13-24(30)14-12-21)27-8-3-2-7-26(27)28(37)35-34-18-22-5-4-6-23(17-22)29(31,32)33/h2-18H,19H2,1H3,(H,35,37)/b34-18-. The Morgan fingerprint density at radius 2 is 1.62 bits per heavy atom. The quantitative estimate of drug-likeness (QED) is 0.182. The first-order valence-corrected chi connectivity index (χ1v) is 13.7. The number of carbonyl (C=O) groups excluding carboxylic acids is 1. The zero-order valence-corrected chi connectivity index (χ0v) is 22.6. The molecule has 0 unspecified atom stereocenters. The van der Waals surface area contributed by atoms with E-state index in [2.05, 4.69) is 10.5 Å². The van der Waals surface area contributed by atoms with Crippen LogP contribution in [0.5, 0.6) is 0 Å². The zero-order valence-electron chi connectivity index (χ0n) is 21.1. The van der Waals surface area contributed by atoms with Gasteiger partial charge in [-0.05, 0) is 66.6 Å². The van der Waals surface area contributed by atoms with Gasteiger partial charge in [-0.2, -0.15) is 18.3 Å². The molecule has 0 aliphatic carbocycles. The van der Waals surface area contributed by atoms with Gasteiger partial charge in [0, 0.05) is 5.02 Å². The molecule has 1 N–H and O–H groups in total. The largest absolute Gasteiger partial charge is 0.416 e. The Morgan fingerprint density at radius 3 is 2.30 bits per heavy atom. The van der Waals surface area contributed by atoms with Crippen LogP contribution < -0.4 is 9.73 Å². The van der Waals surface area contributed by atoms with Crippen molar-refractivity contribution in [2.24, 2.45) is 5.10 Å². The van der Waals surface area contributed by atoms with Gasteiger partial charge in [-0.3, -0.25) is 9.10 Å². The maximum atomic E-state index is 13.8. The fourth-order valence-corrected chi connectivity index (χ4v) is 5.39. The van der Waals surface area contributed by atoms with Crippen LogP contribution in [0.15, 0.2) is 107 Å². The average molecular weight is 586 g/mol. The van der Waals surface area contributed by atoms with E-state index in [1.54, 1.807) is 48.5 Å². The topological polar surface area (TPSA) is 78.8 Å². The Kier molecular flexibility index (Phi) is 8.61. The number of aryl methyl sites for hydroxylation is 1. The summed E-state index contributed by atoms with van der Waals surface area (Å²) in [6, 6.07) is 23.5. The summed E-state index contributed by atoms with van der Waals surface area (Å²) >= 11 is 6.00. The minimum Gasteiger partial charge on any atom is -0.267 e. The maximum absolute atomic E-state index is 13.8. The Bertz CT molecular complexity index is 1640. The van der Waals surface area contributed by atoms with Gasteiger partial charge in [0.15, 0.2) is 0 Å². The second-order valence-electron chi connectivity index (χ2n) is 8.79. The van der Waals surface area contributed by atoms with Gasteiger partial charge in [-0.15, -0.1) is 0 Å². The summed E-state index contributed by atoms with van der Waals surface area (Å²) in [7, 11) is -4.14. The molecular formula is C29H23ClF3N3O3S. The number of alkyl halides is 3. The van der Waals surface area contributed by atoms with Gasteiger partial charge >= 0.3 is 6.18 Å². The Balaban J connectivity index is 1.68. The van der Waals surface area contributed by atoms with Gasteiger partial charge in [0.05, 0.1) is 34.5 Å². The van der Waals surface area contributed by atoms with E-state index in [0.717, 1.165) is 28.2 Å². The number of amides is 1. The molecule has 0 aliphatic rings. The maximum Gasteiger partial charge on any atom is 0.416 e. The summed E-state index contributed by atoms with van der Waals surface area (Å²) in [5.74, 6) is -0.751. The van der Waals surface area contributed by atoms with Crippen LogP contribution in [-0.4, -0.2) is 20.5 Å². The molecule has 0 heterocycles. The Hall–Kier alpha value is -4.15. The molecule has 0 spiro atoms. The minimum absolute atomic E-state index is 0.00616. The molecule has 0 atom stereocenters. The number of anilines is 1. The lowest BCUT2D eigenvalue weighted by Crippen LogP contribution is -2.33. The van der Waals surface area contributed by atoms with Crippen LogP contribution in [0.2, 0.25) is 5.02 Å². The zero-order chi connectivity index (χ0) is 28.9. The van der Waals surface area contributed by atoms with Crippen molar-refractivity contribution in [2.45, 2.75) is 24.5 Å². The van der Waals surface area contributed by atoms with E-state index in [1.807, 2.05) is 6.92 Å². The molecule has 206 valence electrons. The third-order valence-corrected chi connectivity index (χ3v) is 7.89. The van der Waals surface area contributed by atoms with Crippen LogP contribution in [-0.2, 0) is 22.7 Å². The van der Waals surface area contributed by atoms with Gasteiger partial charge in [-0.1, -0.05) is 65.7 Å². The van der Waals surface area contributed by atoms with E-state index in [4.69, 9.17) is 11.6 Å². The highest BCUT2D eigenvalue weighted by Crippen LogP contribution is 2.31. The summed E-state index contributed by atoms with van der Waals surface area (Å²) in [5.41, 5.74) is 3.13. The molecule has 4 aromatic rings. The van der Waals surface area contributed by atoms with Gasteiger partial charge in [-0.25, -0.2) is 13.8 Å². The molecule has 0 saturated carbocycles. The second kappa shape index (κ2) is 11.9. The monoisotopic (exact) mass is 585 g/mol. The van der Waals surface area contributed by atoms with Gasteiger partial charge in [0.2, 0.25) is 0 Å². The third-order valence-electron chi connectivity index (χ3n) is 5.86. The molecule has 0 radical (unpaired) electrons. The number of hydrogen-bond donors (Lipinski definition) is 1. The van der Waals surface area contributed by atoms with Crippen LogP contribution in [0.25, 0.3) is 0 Å². The van der Waals surface area contributed by atoms with Crippen LogP contribution in [0.3, 0.4) is 0 Å². The van der Waals surface area contributed by atoms with Crippen LogP contribution in [0, 0.1) is 6.92 Å². The SMILES string of the molecule is Cc1ccc(S(=O)(=O)N(Cc2ccc(Cl)cc2)c2ccccc2C(=O)N/N=C\c2cccc(C(F)(F)F)c2)cc1. The summed E-state index contributed by atoms with van der Waals surface area (Å²) in [6.45, 7) is 1.73. The molecule has 0 fully saturated rings. The molecular weight excluding hydrogens is 563 g/mol. The first-order chi connectivity index (χ1) is 18.9. The summed E-state index contributed by atoms with van der Waals surface area (Å²) < 4.78 is 67.8. The molecule has 0 bridgehead atoms. The van der Waals surface area contributed by atoms with Gasteiger partial charge in [0.1, 0.15) is 0 Å². The summed E-state index contributed by atoms with van der Waals surface area (Å²) in [5, 5.41) is 4.27. The van der Waals surface area contributed by atoms with E-state index < -0.39 is 27.7 Å². The van der Waals surface area contributed by atoms with Crippen molar-refractivity contribution >= 4 is 39.4 Å². The normalized spacial score (nSPS) is 11.9. The highest BCUT2D eigenvalue weighted by Gasteiger charge is 2.30. The number of para-hydroxylation sites is 1. The number of hydrazone groups is 1. The lowest BCUT2D eigenvalue weighted by molar-refractivity contribution is -0.137. The van der Waals surface area contributed by atoms with E-state index in [-0.39, 0.29) is 28.3 Å². The van der Waals surface area contributed by atoms with E-state index in [1.165, 1.54) is 36.4 Å². The number of halogens is 4. The number of carbonyl (C=O) groups is 1. The number of nitrogens with one attached hydrogen (secondary N) is 1. The van der Waals surface area contributed by atoms with Crippen LogP contribution >= 0.6 is 11.6 Å². The smallest absolute Gasteiger partial charge is 0.267 e. The van der Waals surface area contributed by atoms with E-state index in [0.29, 0.717) is 10.6 Å². The fraction of sp³-hybridized carbons (Fsp3) is 0.103. The average Bonchev–Trinajstić information content (AvgIpc) is 2.92. The van der Waals surface area contributed by atoms with Gasteiger partial charge < -0.3 is 0 Å². The molecule has 0 aliphatic heterocycles. The number of sulfonamides is 1. The molecule has 1 amide bonds. The van der Waals surface area contributed by atoms with Crippen LogP contribution in [0.4, 0.5) is 18.9 Å². The van der Waals surface area contributed by atoms with Crippen molar-refractivity contribution in [3.05, 3.63) is 130 Å². The third kappa shape index (κ3) is 6.88. The molecule has 0 saturated heterocycles. The van der Waals surface area contributed by atoms with Crippen molar-refractivity contribution in [1.82, 2.24) is 5.43 Å². The van der Waals surface area contributed by atoms with Crippen molar-refractivity contribution in [3.8, 4) is 0 Å². The van der Waals surface area contributed by atoms with Crippen molar-refractivity contribution < 1.29 is 26.4 Å². The second-order valence-corrected chi connectivity index (χ2v) is 11.1. The van der Waals surface area contributed by atoms with E-state index >= 15 is 0 Å². The van der Waals surface area contributed by atoms with Crippen molar-refractivity contribution in [2.75, 3.05) is 4.31 Å². The Labute approximate surface area is 234 Å². The predicted octanol–water partition coefficient (Wildman–Crippen LogP) is 6.83. The molecule has 4 rings (SSSR count). The van der Waals surface area contributed by atoms with Crippen molar-refractivity contribution in [1.29, 1.82) is 0 Å². The molecule has 6 nitrogen and oxygen atoms in total. The molecule has 11 heteroatoms. The summed E-state index contributed by atoms with van der Waals surface area (Å²) in [4.78, 5) is 13.2. The minimum atomic E-state index is -4.53. The van der Waals surface area contributed by atoms with E-state index in [9.17, 15) is 26.4 Å². The number of hydrogen-bond acceptors (Lipinski definition) is 4. The first-order valence-electron chi connectivity index (χ1n) is 11.9. The molecule has 0 aromatic heterocycles. The highest BCUT2D eigenvalue weighted by atomic mass is 35.5. The molecule has 4 aromatic carbocycles. The number of nitrogens with zero attached hydrogens (tertiary/aromatic N) is 2. The Morgan fingerprint density at radius 1 is 0.950 bits per heavy atom. The molecule has 40 heavy (non-hydrogen) atoms. The highest BCUT2D eigenvalue weighted by molar-refractivity contribution is 7.92. The summed E-state index contributed by atoms with van der Waals surface area (Å²) in [6.07, 6.45) is -3.45. The van der Waals surface area contributed by atoms with Crippen molar-refractivity contribution in [3.63, 3.8) is 0 Å². The number of rotatable bonds is 8. The lowest BCUT2D eigenvalue weighted by Gasteiger charge is -2.26. The predicted molar refractivity (Wildman–Crippen MR) is 149 cm³/mol. The first kappa shape index (κ1) is 28.8. The van der Waals surface area contributed by atoms with Gasteiger partial charge in [0.25, 0.3) is 15.9 Å². The number of benzene rings is 4. The lowest BCUT2D eigenvalue weighted by atomic mass is 10.1.